The zero-order valence-corrected chi connectivity index (χ0v) is 11.1. The molecule has 1 heterocycles. The second-order valence-corrected chi connectivity index (χ2v) is 4.75. The molecule has 0 aliphatic rings. The summed E-state index contributed by atoms with van der Waals surface area (Å²) in [6, 6.07) is 10.5. The molecule has 2 aromatic rings. The van der Waals surface area contributed by atoms with E-state index >= 15 is 0 Å². The van der Waals surface area contributed by atoms with Crippen LogP contribution in [0.4, 0.5) is 0 Å². The molecule has 2 nitrogen and oxygen atoms in total. The van der Waals surface area contributed by atoms with Crippen molar-refractivity contribution < 1.29 is 4.52 Å². The van der Waals surface area contributed by atoms with Gasteiger partial charge in [-0.3, -0.25) is 0 Å². The summed E-state index contributed by atoms with van der Waals surface area (Å²) in [6.45, 7) is 2.25. The third-order valence-corrected chi connectivity index (χ3v) is 3.26. The van der Waals surface area contributed by atoms with Gasteiger partial charge >= 0.3 is 0 Å². The predicted molar refractivity (Wildman–Crippen MR) is 74.4 cm³/mol. The van der Waals surface area contributed by atoms with Gasteiger partial charge < -0.3 is 4.52 Å². The van der Waals surface area contributed by atoms with Gasteiger partial charge in [0.1, 0.15) is 12.0 Å². The van der Waals surface area contributed by atoms with Crippen molar-refractivity contribution in [2.24, 2.45) is 0 Å². The van der Waals surface area contributed by atoms with Crippen molar-refractivity contribution in [2.75, 3.05) is 0 Å². The third kappa shape index (κ3) is 3.73. The highest BCUT2D eigenvalue weighted by atomic mass is 16.5. The second kappa shape index (κ2) is 7.00. The van der Waals surface area contributed by atoms with Crippen LogP contribution in [0.2, 0.25) is 0 Å². The van der Waals surface area contributed by atoms with Crippen LogP contribution in [0.1, 0.15) is 44.6 Å². The van der Waals surface area contributed by atoms with E-state index in [1.165, 1.54) is 44.1 Å². The maximum Gasteiger partial charge on any atom is 0.124 e. The number of aromatic nitrogens is 1. The van der Waals surface area contributed by atoms with Gasteiger partial charge in [-0.2, -0.15) is 0 Å². The molecule has 1 aromatic carbocycles. The van der Waals surface area contributed by atoms with E-state index in [1.807, 2.05) is 6.07 Å². The summed E-state index contributed by atoms with van der Waals surface area (Å²) in [5.74, 6) is 0. The normalized spacial score (nSPS) is 10.7. The number of hydrogen-bond acceptors (Lipinski definition) is 2. The van der Waals surface area contributed by atoms with E-state index < -0.39 is 0 Å². The zero-order valence-electron chi connectivity index (χ0n) is 11.1. The molecule has 0 atom stereocenters. The molecule has 96 valence electrons. The number of hydrogen-bond donors (Lipinski definition) is 0. The van der Waals surface area contributed by atoms with Crippen molar-refractivity contribution in [3.63, 3.8) is 0 Å². The molecule has 2 heteroatoms. The number of benzene rings is 1. The van der Waals surface area contributed by atoms with Crippen LogP contribution in [-0.4, -0.2) is 5.16 Å². The van der Waals surface area contributed by atoms with Crippen molar-refractivity contribution in [3.05, 3.63) is 42.2 Å². The fourth-order valence-corrected chi connectivity index (χ4v) is 2.14. The highest BCUT2D eigenvalue weighted by Gasteiger charge is 2.00. The number of unbranched alkanes of at least 4 members (excludes halogenated alkanes) is 4. The van der Waals surface area contributed by atoms with Gasteiger partial charge in [-0.1, -0.05) is 62.0 Å². The molecule has 0 saturated heterocycles. The van der Waals surface area contributed by atoms with Gasteiger partial charge in [0.15, 0.2) is 0 Å². The maximum absolute atomic E-state index is 4.85. The van der Waals surface area contributed by atoms with E-state index in [-0.39, 0.29) is 0 Å². The largest absolute Gasteiger partial charge is 0.364 e. The van der Waals surface area contributed by atoms with Crippen LogP contribution in [0.3, 0.4) is 0 Å². The average Bonchev–Trinajstić information content (AvgIpc) is 2.93. The van der Waals surface area contributed by atoms with E-state index in [2.05, 4.69) is 36.3 Å². The van der Waals surface area contributed by atoms with Gasteiger partial charge in [-0.05, 0) is 18.4 Å². The Morgan fingerprint density at radius 3 is 2.39 bits per heavy atom. The van der Waals surface area contributed by atoms with Crippen molar-refractivity contribution >= 4 is 0 Å². The standard InChI is InChI=1S/C16H21NO/c1-2-3-4-5-6-7-14-8-10-15(11-9-14)16-12-13-18-17-16/h8-13H,2-7H2,1H3. The fourth-order valence-electron chi connectivity index (χ4n) is 2.14. The molecule has 0 saturated carbocycles. The van der Waals surface area contributed by atoms with Gasteiger partial charge in [-0.15, -0.1) is 0 Å². The summed E-state index contributed by atoms with van der Waals surface area (Å²) >= 11 is 0. The lowest BCUT2D eigenvalue weighted by Gasteiger charge is -2.02. The molecule has 0 unspecified atom stereocenters. The lowest BCUT2D eigenvalue weighted by molar-refractivity contribution is 0.422. The highest BCUT2D eigenvalue weighted by Crippen LogP contribution is 2.18. The van der Waals surface area contributed by atoms with Crippen LogP contribution < -0.4 is 0 Å². The smallest absolute Gasteiger partial charge is 0.124 e. The molecular formula is C16H21NO. The number of aryl methyl sites for hydroxylation is 1. The van der Waals surface area contributed by atoms with Crippen LogP contribution in [0.25, 0.3) is 11.3 Å². The number of rotatable bonds is 7. The average molecular weight is 243 g/mol. The third-order valence-electron chi connectivity index (χ3n) is 3.26. The van der Waals surface area contributed by atoms with Crippen LogP contribution in [0.15, 0.2) is 41.1 Å². The van der Waals surface area contributed by atoms with E-state index in [9.17, 15) is 0 Å². The van der Waals surface area contributed by atoms with Crippen LogP contribution in [0, 0.1) is 0 Å². The molecule has 0 radical (unpaired) electrons. The first-order valence-electron chi connectivity index (χ1n) is 6.90. The molecule has 0 bridgehead atoms. The summed E-state index contributed by atoms with van der Waals surface area (Å²) in [7, 11) is 0. The minimum Gasteiger partial charge on any atom is -0.364 e. The van der Waals surface area contributed by atoms with Gasteiger partial charge in [-0.25, -0.2) is 0 Å². The summed E-state index contributed by atoms with van der Waals surface area (Å²) in [4.78, 5) is 0. The first kappa shape index (κ1) is 12.9. The molecular weight excluding hydrogens is 222 g/mol. The Balaban J connectivity index is 1.81. The minimum absolute atomic E-state index is 0.907. The van der Waals surface area contributed by atoms with Crippen LogP contribution in [0.5, 0.6) is 0 Å². The summed E-state index contributed by atoms with van der Waals surface area (Å²) in [5, 5.41) is 3.94. The molecule has 18 heavy (non-hydrogen) atoms. The molecule has 0 aliphatic heterocycles. The molecule has 0 aliphatic carbocycles. The molecule has 1 aromatic heterocycles. The minimum atomic E-state index is 0.907. The maximum atomic E-state index is 4.85. The van der Waals surface area contributed by atoms with Crippen LogP contribution >= 0.6 is 0 Å². The zero-order chi connectivity index (χ0) is 12.6. The van der Waals surface area contributed by atoms with Crippen molar-refractivity contribution in [1.29, 1.82) is 0 Å². The summed E-state index contributed by atoms with van der Waals surface area (Å²) in [6.07, 6.45) is 9.48. The molecule has 2 rings (SSSR count). The Kier molecular flexibility index (Phi) is 5.00. The van der Waals surface area contributed by atoms with E-state index in [1.54, 1.807) is 6.26 Å². The molecule has 0 amide bonds. The van der Waals surface area contributed by atoms with Gasteiger partial charge in [0.2, 0.25) is 0 Å². The summed E-state index contributed by atoms with van der Waals surface area (Å²) in [5.41, 5.74) is 3.45. The lowest BCUT2D eigenvalue weighted by atomic mass is 10.0. The number of nitrogens with zero attached hydrogens (tertiary/aromatic N) is 1. The molecule has 0 N–H and O–H groups in total. The molecule has 0 spiro atoms. The first-order valence-corrected chi connectivity index (χ1v) is 6.90. The topological polar surface area (TPSA) is 26.0 Å². The quantitative estimate of drug-likeness (QED) is 0.649. The van der Waals surface area contributed by atoms with Crippen molar-refractivity contribution in [2.45, 2.75) is 45.4 Å². The van der Waals surface area contributed by atoms with E-state index in [4.69, 9.17) is 4.52 Å². The van der Waals surface area contributed by atoms with E-state index in [0.717, 1.165) is 11.3 Å². The SMILES string of the molecule is CCCCCCCc1ccc(-c2ccon2)cc1. The molecule has 0 fully saturated rings. The lowest BCUT2D eigenvalue weighted by Crippen LogP contribution is -1.86. The monoisotopic (exact) mass is 243 g/mol. The van der Waals surface area contributed by atoms with Gasteiger partial charge in [0.05, 0.1) is 0 Å². The van der Waals surface area contributed by atoms with Gasteiger partial charge in [0, 0.05) is 11.6 Å². The Morgan fingerprint density at radius 2 is 1.72 bits per heavy atom. The highest BCUT2D eigenvalue weighted by molar-refractivity contribution is 5.58. The Labute approximate surface area is 109 Å². The van der Waals surface area contributed by atoms with E-state index in [0.29, 0.717) is 0 Å². The fraction of sp³-hybridized carbons (Fsp3) is 0.438. The van der Waals surface area contributed by atoms with Crippen molar-refractivity contribution in [3.8, 4) is 11.3 Å². The van der Waals surface area contributed by atoms with Crippen molar-refractivity contribution in [1.82, 2.24) is 5.16 Å². The second-order valence-electron chi connectivity index (χ2n) is 4.75. The predicted octanol–water partition coefficient (Wildman–Crippen LogP) is 4.85. The van der Waals surface area contributed by atoms with Gasteiger partial charge in [0.25, 0.3) is 0 Å². The first-order chi connectivity index (χ1) is 8.90. The van der Waals surface area contributed by atoms with Crippen LogP contribution in [-0.2, 0) is 6.42 Å². The summed E-state index contributed by atoms with van der Waals surface area (Å²) < 4.78 is 4.85. The Hall–Kier alpha value is -1.57. The Bertz CT molecular complexity index is 431. The Morgan fingerprint density at radius 1 is 0.944 bits per heavy atom.